The second-order valence-electron chi connectivity index (χ2n) is 4.26. The number of nitrogens with one attached hydrogen (secondary N) is 1. The van der Waals surface area contributed by atoms with Crippen molar-refractivity contribution in [3.05, 3.63) is 57.8 Å². The van der Waals surface area contributed by atoms with Crippen LogP contribution in [0.1, 0.15) is 26.4 Å². The zero-order valence-electron chi connectivity index (χ0n) is 10.8. The van der Waals surface area contributed by atoms with Crippen LogP contribution in [0.25, 0.3) is 0 Å². The molecule has 0 unspecified atom stereocenters. The lowest BCUT2D eigenvalue weighted by atomic mass is 10.1. The van der Waals surface area contributed by atoms with Crippen molar-refractivity contribution in [2.24, 2.45) is 5.73 Å². The maximum absolute atomic E-state index is 11.4. The third-order valence-electron chi connectivity index (χ3n) is 2.77. The zero-order chi connectivity index (χ0) is 15.4. The Balaban J connectivity index is 2.14. The molecule has 0 aliphatic heterocycles. The van der Waals surface area contributed by atoms with E-state index in [9.17, 15) is 9.59 Å². The van der Waals surface area contributed by atoms with Crippen LogP contribution in [0.2, 0.25) is 0 Å². The average molecular weight is 350 g/mol. The van der Waals surface area contributed by atoms with Gasteiger partial charge < -0.3 is 16.2 Å². The highest BCUT2D eigenvalue weighted by molar-refractivity contribution is 9.10. The van der Waals surface area contributed by atoms with Gasteiger partial charge in [0.05, 0.1) is 5.56 Å². The smallest absolute Gasteiger partial charge is 0.354 e. The highest BCUT2D eigenvalue weighted by Crippen LogP contribution is 2.21. The number of hydrogen-bond acceptors (Lipinski definition) is 4. The number of nitrogens with two attached hydrogens (primary N) is 1. The van der Waals surface area contributed by atoms with Crippen LogP contribution in [0, 0.1) is 0 Å². The van der Waals surface area contributed by atoms with Crippen molar-refractivity contribution < 1.29 is 14.7 Å². The molecule has 2 rings (SSSR count). The molecule has 0 spiro atoms. The summed E-state index contributed by atoms with van der Waals surface area (Å²) >= 11 is 3.33. The van der Waals surface area contributed by atoms with Gasteiger partial charge in [-0.2, -0.15) is 0 Å². The number of pyridine rings is 1. The van der Waals surface area contributed by atoms with Crippen LogP contribution in [0.3, 0.4) is 0 Å². The van der Waals surface area contributed by atoms with Crippen LogP contribution in [0.5, 0.6) is 0 Å². The summed E-state index contributed by atoms with van der Waals surface area (Å²) in [7, 11) is 0. The van der Waals surface area contributed by atoms with Crippen molar-refractivity contribution >= 4 is 33.5 Å². The van der Waals surface area contributed by atoms with E-state index < -0.39 is 11.9 Å². The van der Waals surface area contributed by atoms with Gasteiger partial charge in [0.2, 0.25) is 0 Å². The highest BCUT2D eigenvalue weighted by atomic mass is 79.9. The van der Waals surface area contributed by atoms with Crippen LogP contribution in [-0.4, -0.2) is 22.0 Å². The molecule has 108 valence electrons. The fraction of sp³-hybridized carbons (Fsp3) is 0.0714. The van der Waals surface area contributed by atoms with Crippen molar-refractivity contribution in [1.29, 1.82) is 0 Å². The molecule has 7 heteroatoms. The minimum atomic E-state index is -1.07. The first kappa shape index (κ1) is 15.0. The van der Waals surface area contributed by atoms with Crippen molar-refractivity contribution in [3.8, 4) is 0 Å². The number of primary amides is 1. The molecule has 1 amide bonds. The van der Waals surface area contributed by atoms with Crippen LogP contribution < -0.4 is 11.1 Å². The SMILES string of the molecule is NC(=O)c1ccc(Br)cc1NCc1ccc(C(=O)O)nc1. The Kier molecular flexibility index (Phi) is 4.54. The molecule has 1 aromatic carbocycles. The van der Waals surface area contributed by atoms with E-state index in [1.165, 1.54) is 12.3 Å². The molecule has 1 heterocycles. The van der Waals surface area contributed by atoms with E-state index in [1.807, 2.05) is 0 Å². The fourth-order valence-corrected chi connectivity index (χ4v) is 2.09. The quantitative estimate of drug-likeness (QED) is 0.767. The van der Waals surface area contributed by atoms with Crippen LogP contribution in [-0.2, 0) is 6.54 Å². The fourth-order valence-electron chi connectivity index (χ4n) is 1.73. The third-order valence-corrected chi connectivity index (χ3v) is 3.27. The molecular weight excluding hydrogens is 338 g/mol. The van der Waals surface area contributed by atoms with Crippen LogP contribution in [0.15, 0.2) is 41.0 Å². The molecule has 0 radical (unpaired) electrons. The number of rotatable bonds is 5. The Hall–Kier alpha value is -2.41. The monoisotopic (exact) mass is 349 g/mol. The van der Waals surface area contributed by atoms with Crippen molar-refractivity contribution in [2.75, 3.05) is 5.32 Å². The van der Waals surface area contributed by atoms with Crippen molar-refractivity contribution in [1.82, 2.24) is 4.98 Å². The number of nitrogens with zero attached hydrogens (tertiary/aromatic N) is 1. The molecule has 4 N–H and O–H groups in total. The molecule has 0 saturated carbocycles. The molecule has 0 atom stereocenters. The largest absolute Gasteiger partial charge is 0.477 e. The maximum atomic E-state index is 11.4. The van der Waals surface area contributed by atoms with Crippen molar-refractivity contribution in [2.45, 2.75) is 6.54 Å². The van der Waals surface area contributed by atoms with Gasteiger partial charge in [0.25, 0.3) is 5.91 Å². The number of hydrogen-bond donors (Lipinski definition) is 3. The first-order valence-electron chi connectivity index (χ1n) is 5.99. The average Bonchev–Trinajstić information content (AvgIpc) is 2.45. The lowest BCUT2D eigenvalue weighted by molar-refractivity contribution is 0.0690. The Morgan fingerprint density at radius 1 is 1.29 bits per heavy atom. The number of benzene rings is 1. The number of carboxylic acids is 1. The van der Waals surface area contributed by atoms with Gasteiger partial charge >= 0.3 is 5.97 Å². The molecule has 21 heavy (non-hydrogen) atoms. The van der Waals surface area contributed by atoms with Gasteiger partial charge in [-0.25, -0.2) is 9.78 Å². The van der Waals surface area contributed by atoms with E-state index >= 15 is 0 Å². The van der Waals surface area contributed by atoms with E-state index in [0.717, 1.165) is 10.0 Å². The Bertz CT molecular complexity index is 686. The van der Waals surface area contributed by atoms with E-state index in [0.29, 0.717) is 17.8 Å². The Labute approximate surface area is 129 Å². The number of aromatic nitrogens is 1. The zero-order valence-corrected chi connectivity index (χ0v) is 12.4. The topological polar surface area (TPSA) is 105 Å². The summed E-state index contributed by atoms with van der Waals surface area (Å²) in [4.78, 5) is 25.9. The second kappa shape index (κ2) is 6.36. The normalized spacial score (nSPS) is 10.1. The summed E-state index contributed by atoms with van der Waals surface area (Å²) in [6, 6.07) is 8.19. The van der Waals surface area contributed by atoms with Crippen LogP contribution in [0.4, 0.5) is 5.69 Å². The second-order valence-corrected chi connectivity index (χ2v) is 5.18. The molecule has 0 bridgehead atoms. The van der Waals surface area contributed by atoms with Gasteiger partial charge in [0.15, 0.2) is 0 Å². The molecule has 2 aromatic rings. The lowest BCUT2D eigenvalue weighted by Crippen LogP contribution is -2.14. The summed E-state index contributed by atoms with van der Waals surface area (Å²) in [5.41, 5.74) is 7.07. The molecule has 0 aliphatic carbocycles. The lowest BCUT2D eigenvalue weighted by Gasteiger charge is -2.10. The van der Waals surface area contributed by atoms with E-state index in [4.69, 9.17) is 10.8 Å². The molecule has 0 saturated heterocycles. The Morgan fingerprint density at radius 2 is 2.05 bits per heavy atom. The van der Waals surface area contributed by atoms with Gasteiger partial charge in [-0.3, -0.25) is 4.79 Å². The van der Waals surface area contributed by atoms with Gasteiger partial charge in [-0.15, -0.1) is 0 Å². The standard InChI is InChI=1S/C14H12BrN3O3/c15-9-2-3-10(13(16)19)12(5-9)18-7-8-1-4-11(14(20)21)17-6-8/h1-6,18H,7H2,(H2,16,19)(H,20,21). The van der Waals surface area contributed by atoms with Gasteiger partial charge in [0.1, 0.15) is 5.69 Å². The van der Waals surface area contributed by atoms with E-state index in [-0.39, 0.29) is 5.69 Å². The van der Waals surface area contributed by atoms with E-state index in [2.05, 4.69) is 26.2 Å². The first-order valence-corrected chi connectivity index (χ1v) is 6.78. The summed E-state index contributed by atoms with van der Waals surface area (Å²) in [6.07, 6.45) is 1.47. The predicted molar refractivity (Wildman–Crippen MR) is 81.2 cm³/mol. The maximum Gasteiger partial charge on any atom is 0.354 e. The highest BCUT2D eigenvalue weighted by Gasteiger charge is 2.09. The molecule has 0 aliphatic rings. The number of halogens is 1. The molecule has 6 nitrogen and oxygen atoms in total. The minimum Gasteiger partial charge on any atom is -0.477 e. The summed E-state index contributed by atoms with van der Waals surface area (Å²) in [6.45, 7) is 0.392. The summed E-state index contributed by atoms with van der Waals surface area (Å²) in [5, 5.41) is 11.9. The molecule has 1 aromatic heterocycles. The van der Waals surface area contributed by atoms with Gasteiger partial charge in [-0.1, -0.05) is 22.0 Å². The van der Waals surface area contributed by atoms with Crippen LogP contribution >= 0.6 is 15.9 Å². The van der Waals surface area contributed by atoms with Gasteiger partial charge in [0, 0.05) is 22.9 Å². The Morgan fingerprint density at radius 3 is 2.62 bits per heavy atom. The number of carbonyl (C=O) groups excluding carboxylic acids is 1. The molecule has 0 fully saturated rings. The van der Waals surface area contributed by atoms with E-state index in [1.54, 1.807) is 24.3 Å². The number of anilines is 1. The number of carbonyl (C=O) groups is 2. The number of carboxylic acid groups (broad SMARTS) is 1. The van der Waals surface area contributed by atoms with Crippen molar-refractivity contribution in [3.63, 3.8) is 0 Å². The number of aromatic carboxylic acids is 1. The summed E-state index contributed by atoms with van der Waals surface area (Å²) < 4.78 is 0.814. The predicted octanol–water partition coefficient (Wildman–Crippen LogP) is 2.25. The van der Waals surface area contributed by atoms with Gasteiger partial charge in [-0.05, 0) is 29.8 Å². The minimum absolute atomic E-state index is 0.0148. The third kappa shape index (κ3) is 3.79. The summed E-state index contributed by atoms with van der Waals surface area (Å²) in [5.74, 6) is -1.60. The molecular formula is C14H12BrN3O3. The number of amides is 1. The first-order chi connectivity index (χ1) is 9.97.